The van der Waals surface area contributed by atoms with Gasteiger partial charge < -0.3 is 10.1 Å². The van der Waals surface area contributed by atoms with Crippen molar-refractivity contribution in [3.63, 3.8) is 0 Å². The Balaban J connectivity index is 1.99. The molecule has 1 aromatic carbocycles. The molecule has 0 saturated carbocycles. The first-order chi connectivity index (χ1) is 9.72. The smallest absolute Gasteiger partial charge is 0.122 e. The number of methoxy groups -OCH3 is 1. The summed E-state index contributed by atoms with van der Waals surface area (Å²) in [5, 5.41) is 4.63. The fourth-order valence-electron chi connectivity index (χ4n) is 1.94. The highest BCUT2D eigenvalue weighted by atomic mass is 32.1. The Morgan fingerprint density at radius 2 is 2.15 bits per heavy atom. The molecule has 0 radical (unpaired) electrons. The summed E-state index contributed by atoms with van der Waals surface area (Å²) in [6, 6.07) is 8.67. The average molecular weight is 290 g/mol. The van der Waals surface area contributed by atoms with E-state index in [0.717, 1.165) is 30.1 Å². The fraction of sp³-hybridized carbons (Fsp3) is 0.438. The fourth-order valence-corrected chi connectivity index (χ4v) is 2.84. The molecule has 0 bridgehead atoms. The standard InChI is InChI=1S/C16H22N2OS/c1-4-12(2)17-10-14-11-18-16(20-14)9-13-7-5-6-8-15(13)19-3/h5-8,11-12,17H,4,9-10H2,1-3H3. The largest absolute Gasteiger partial charge is 0.496 e. The van der Waals surface area contributed by atoms with Crippen LogP contribution in [0.15, 0.2) is 30.5 Å². The topological polar surface area (TPSA) is 34.2 Å². The summed E-state index contributed by atoms with van der Waals surface area (Å²) in [6.07, 6.45) is 3.95. The highest BCUT2D eigenvalue weighted by Crippen LogP contribution is 2.23. The van der Waals surface area contributed by atoms with E-state index in [0.29, 0.717) is 6.04 Å². The van der Waals surface area contributed by atoms with Gasteiger partial charge in [-0.15, -0.1) is 11.3 Å². The van der Waals surface area contributed by atoms with Crippen molar-refractivity contribution in [1.29, 1.82) is 0 Å². The zero-order chi connectivity index (χ0) is 14.4. The van der Waals surface area contributed by atoms with Crippen LogP contribution < -0.4 is 10.1 Å². The number of hydrogen-bond acceptors (Lipinski definition) is 4. The van der Waals surface area contributed by atoms with Crippen LogP contribution in [0.2, 0.25) is 0 Å². The number of ether oxygens (including phenoxy) is 1. The SMILES string of the molecule is CCC(C)NCc1cnc(Cc2ccccc2OC)s1. The van der Waals surface area contributed by atoms with Crippen LogP contribution in [0.1, 0.15) is 35.7 Å². The monoisotopic (exact) mass is 290 g/mol. The molecule has 0 aliphatic heterocycles. The van der Waals surface area contributed by atoms with Crippen LogP contribution in [-0.4, -0.2) is 18.1 Å². The summed E-state index contributed by atoms with van der Waals surface area (Å²) in [4.78, 5) is 5.80. The maximum atomic E-state index is 5.38. The van der Waals surface area contributed by atoms with Gasteiger partial charge >= 0.3 is 0 Å². The van der Waals surface area contributed by atoms with Crippen molar-refractivity contribution in [2.75, 3.05) is 7.11 Å². The third-order valence-electron chi connectivity index (χ3n) is 3.37. The molecular weight excluding hydrogens is 268 g/mol. The van der Waals surface area contributed by atoms with Gasteiger partial charge in [-0.2, -0.15) is 0 Å². The number of aromatic nitrogens is 1. The van der Waals surface area contributed by atoms with E-state index in [1.807, 2.05) is 24.4 Å². The number of benzene rings is 1. The molecule has 1 aromatic heterocycles. The van der Waals surface area contributed by atoms with E-state index >= 15 is 0 Å². The quantitative estimate of drug-likeness (QED) is 0.845. The Hall–Kier alpha value is -1.39. The zero-order valence-corrected chi connectivity index (χ0v) is 13.2. The molecule has 0 amide bonds. The van der Waals surface area contributed by atoms with Gasteiger partial charge in [0.15, 0.2) is 0 Å². The van der Waals surface area contributed by atoms with E-state index in [1.54, 1.807) is 18.4 Å². The Kier molecular flexibility index (Phi) is 5.56. The first-order valence-corrected chi connectivity index (χ1v) is 7.83. The highest BCUT2D eigenvalue weighted by molar-refractivity contribution is 7.11. The summed E-state index contributed by atoms with van der Waals surface area (Å²) in [5.41, 5.74) is 1.19. The Labute approximate surface area is 125 Å². The zero-order valence-electron chi connectivity index (χ0n) is 12.3. The predicted molar refractivity (Wildman–Crippen MR) is 84.5 cm³/mol. The maximum absolute atomic E-state index is 5.38. The van der Waals surface area contributed by atoms with Crippen molar-refractivity contribution in [1.82, 2.24) is 10.3 Å². The van der Waals surface area contributed by atoms with E-state index in [-0.39, 0.29) is 0 Å². The first kappa shape index (κ1) is 15.0. The van der Waals surface area contributed by atoms with Crippen LogP contribution in [0.3, 0.4) is 0 Å². The minimum absolute atomic E-state index is 0.551. The number of nitrogens with one attached hydrogen (secondary N) is 1. The first-order valence-electron chi connectivity index (χ1n) is 7.01. The minimum Gasteiger partial charge on any atom is -0.496 e. The molecule has 3 nitrogen and oxygen atoms in total. The molecule has 0 fully saturated rings. The van der Waals surface area contributed by atoms with Gasteiger partial charge in [0.25, 0.3) is 0 Å². The molecule has 1 N–H and O–H groups in total. The Morgan fingerprint density at radius 1 is 1.35 bits per heavy atom. The molecule has 0 spiro atoms. The predicted octanol–water partition coefficient (Wildman–Crippen LogP) is 3.63. The summed E-state index contributed by atoms with van der Waals surface area (Å²) in [7, 11) is 1.71. The van der Waals surface area contributed by atoms with E-state index in [9.17, 15) is 0 Å². The van der Waals surface area contributed by atoms with Crippen LogP contribution in [-0.2, 0) is 13.0 Å². The molecule has 108 valence electrons. The highest BCUT2D eigenvalue weighted by Gasteiger charge is 2.07. The number of nitrogens with zero attached hydrogens (tertiary/aromatic N) is 1. The molecular formula is C16H22N2OS. The molecule has 0 aliphatic rings. The molecule has 20 heavy (non-hydrogen) atoms. The van der Waals surface area contributed by atoms with Crippen molar-refractivity contribution in [3.05, 3.63) is 45.9 Å². The second-order valence-corrected chi connectivity index (χ2v) is 6.10. The van der Waals surface area contributed by atoms with Crippen molar-refractivity contribution in [2.24, 2.45) is 0 Å². The number of thiazole rings is 1. The van der Waals surface area contributed by atoms with Crippen LogP contribution in [0.4, 0.5) is 0 Å². The molecule has 0 aliphatic carbocycles. The van der Waals surface area contributed by atoms with E-state index in [2.05, 4.69) is 30.2 Å². The molecule has 1 atom stereocenters. The van der Waals surface area contributed by atoms with Gasteiger partial charge in [0.05, 0.1) is 12.1 Å². The average Bonchev–Trinajstić information content (AvgIpc) is 2.93. The second kappa shape index (κ2) is 7.41. The Morgan fingerprint density at radius 3 is 2.90 bits per heavy atom. The van der Waals surface area contributed by atoms with Gasteiger partial charge in [0.1, 0.15) is 5.75 Å². The molecule has 2 aromatic rings. The summed E-state index contributed by atoms with van der Waals surface area (Å²) in [6.45, 7) is 5.30. The Bertz CT molecular complexity index is 539. The van der Waals surface area contributed by atoms with E-state index < -0.39 is 0 Å². The van der Waals surface area contributed by atoms with Crippen LogP contribution >= 0.6 is 11.3 Å². The van der Waals surface area contributed by atoms with Gasteiger partial charge in [-0.3, -0.25) is 0 Å². The molecule has 1 heterocycles. The number of rotatable bonds is 7. The van der Waals surface area contributed by atoms with Crippen LogP contribution in [0.5, 0.6) is 5.75 Å². The van der Waals surface area contributed by atoms with Gasteiger partial charge in [-0.25, -0.2) is 4.98 Å². The van der Waals surface area contributed by atoms with Crippen molar-refractivity contribution < 1.29 is 4.74 Å². The lowest BCUT2D eigenvalue weighted by molar-refractivity contribution is 0.410. The second-order valence-electron chi connectivity index (χ2n) is 4.90. The summed E-state index contributed by atoms with van der Waals surface area (Å²) < 4.78 is 5.38. The number of para-hydroxylation sites is 1. The lowest BCUT2D eigenvalue weighted by Crippen LogP contribution is -2.23. The number of hydrogen-bond donors (Lipinski definition) is 1. The van der Waals surface area contributed by atoms with Gasteiger partial charge in [0.2, 0.25) is 0 Å². The van der Waals surface area contributed by atoms with Crippen molar-refractivity contribution in [2.45, 2.75) is 39.3 Å². The third-order valence-corrected chi connectivity index (χ3v) is 4.37. The molecule has 0 saturated heterocycles. The van der Waals surface area contributed by atoms with Gasteiger partial charge in [-0.05, 0) is 19.4 Å². The molecule has 2 rings (SSSR count). The molecule has 4 heteroatoms. The molecule has 1 unspecified atom stereocenters. The normalized spacial score (nSPS) is 12.3. The van der Waals surface area contributed by atoms with E-state index in [1.165, 1.54) is 10.4 Å². The van der Waals surface area contributed by atoms with E-state index in [4.69, 9.17) is 4.74 Å². The van der Waals surface area contributed by atoms with Gasteiger partial charge in [-0.1, -0.05) is 25.1 Å². The maximum Gasteiger partial charge on any atom is 0.122 e. The minimum atomic E-state index is 0.551. The summed E-state index contributed by atoms with van der Waals surface area (Å²) >= 11 is 1.77. The summed E-state index contributed by atoms with van der Waals surface area (Å²) in [5.74, 6) is 0.932. The van der Waals surface area contributed by atoms with Crippen molar-refractivity contribution in [3.8, 4) is 5.75 Å². The lowest BCUT2D eigenvalue weighted by Gasteiger charge is -2.09. The lowest BCUT2D eigenvalue weighted by atomic mass is 10.1. The van der Waals surface area contributed by atoms with Crippen LogP contribution in [0.25, 0.3) is 0 Å². The van der Waals surface area contributed by atoms with Crippen LogP contribution in [0, 0.1) is 0 Å². The third kappa shape index (κ3) is 4.05. The van der Waals surface area contributed by atoms with Crippen molar-refractivity contribution >= 4 is 11.3 Å². The van der Waals surface area contributed by atoms with Gasteiger partial charge in [0, 0.05) is 35.6 Å².